The Morgan fingerprint density at radius 3 is 2.06 bits per heavy atom. The van der Waals surface area contributed by atoms with E-state index < -0.39 is 0 Å². The summed E-state index contributed by atoms with van der Waals surface area (Å²) in [5, 5.41) is 3.90. The third-order valence-corrected chi connectivity index (χ3v) is 5.27. The Hall–Kier alpha value is -0.0800. The molecule has 0 radical (unpaired) electrons. The van der Waals surface area contributed by atoms with E-state index in [4.69, 9.17) is 5.73 Å². The van der Waals surface area contributed by atoms with Gasteiger partial charge < -0.3 is 11.1 Å². The van der Waals surface area contributed by atoms with Crippen molar-refractivity contribution < 1.29 is 0 Å². The highest BCUT2D eigenvalue weighted by molar-refractivity contribution is 5.06. The van der Waals surface area contributed by atoms with Crippen LogP contribution < -0.4 is 11.1 Å². The lowest BCUT2D eigenvalue weighted by Crippen LogP contribution is -2.59. The lowest BCUT2D eigenvalue weighted by Gasteiger charge is -2.57. The highest BCUT2D eigenvalue weighted by atomic mass is 15.0. The summed E-state index contributed by atoms with van der Waals surface area (Å²) in [6.45, 7) is 4.20. The first-order valence-electron chi connectivity index (χ1n) is 7.14. The molecule has 3 N–H and O–H groups in total. The lowest BCUT2D eigenvalue weighted by atomic mass is 9.53. The minimum Gasteiger partial charge on any atom is -0.330 e. The van der Waals surface area contributed by atoms with E-state index in [0.717, 1.165) is 30.8 Å². The van der Waals surface area contributed by atoms with Gasteiger partial charge in [-0.15, -0.1) is 0 Å². The van der Waals surface area contributed by atoms with Gasteiger partial charge in [0.15, 0.2) is 0 Å². The van der Waals surface area contributed by atoms with E-state index in [9.17, 15) is 0 Å². The molecular formula is C14H26N2. The Kier molecular flexibility index (Phi) is 2.75. The molecule has 2 heteroatoms. The number of hydrogen-bond acceptors (Lipinski definition) is 2. The monoisotopic (exact) mass is 222 g/mol. The molecule has 4 fully saturated rings. The van der Waals surface area contributed by atoms with Crippen molar-refractivity contribution in [2.75, 3.05) is 13.1 Å². The van der Waals surface area contributed by atoms with E-state index in [-0.39, 0.29) is 0 Å². The number of hydrogen-bond donors (Lipinski definition) is 2. The summed E-state index contributed by atoms with van der Waals surface area (Å²) in [4.78, 5) is 0. The first-order valence-corrected chi connectivity index (χ1v) is 7.14. The van der Waals surface area contributed by atoms with Gasteiger partial charge >= 0.3 is 0 Å². The van der Waals surface area contributed by atoms with Gasteiger partial charge in [-0.1, -0.05) is 6.92 Å². The zero-order valence-corrected chi connectivity index (χ0v) is 10.5. The molecule has 4 aliphatic carbocycles. The number of nitrogens with one attached hydrogen (secondary N) is 1. The molecule has 4 rings (SSSR count). The van der Waals surface area contributed by atoms with Gasteiger partial charge in [-0.2, -0.15) is 0 Å². The standard InChI is InChI=1S/C14H26N2/c1-10(8-15)9-16-14-5-11-2-12(6-14)4-13(3-11)7-14/h10-13,16H,2-9,15H2,1H3. The molecule has 0 aromatic rings. The van der Waals surface area contributed by atoms with Gasteiger partial charge in [-0.25, -0.2) is 0 Å². The van der Waals surface area contributed by atoms with Crippen molar-refractivity contribution in [3.8, 4) is 0 Å². The third kappa shape index (κ3) is 1.91. The van der Waals surface area contributed by atoms with Crippen LogP contribution in [0.3, 0.4) is 0 Å². The summed E-state index contributed by atoms with van der Waals surface area (Å²) in [6, 6.07) is 0. The lowest BCUT2D eigenvalue weighted by molar-refractivity contribution is -0.0208. The molecule has 0 spiro atoms. The Balaban J connectivity index is 1.64. The largest absolute Gasteiger partial charge is 0.330 e. The van der Waals surface area contributed by atoms with Crippen LogP contribution in [0.4, 0.5) is 0 Å². The summed E-state index contributed by atoms with van der Waals surface area (Å²) in [7, 11) is 0. The molecule has 0 heterocycles. The Labute approximate surface area is 99.4 Å². The zero-order valence-electron chi connectivity index (χ0n) is 10.5. The molecule has 92 valence electrons. The van der Waals surface area contributed by atoms with E-state index in [0.29, 0.717) is 11.5 Å². The van der Waals surface area contributed by atoms with Crippen LogP contribution in [0.1, 0.15) is 45.4 Å². The molecule has 1 atom stereocenters. The van der Waals surface area contributed by atoms with Crippen LogP contribution in [-0.2, 0) is 0 Å². The topological polar surface area (TPSA) is 38.0 Å². The molecule has 0 aromatic heterocycles. The average molecular weight is 222 g/mol. The van der Waals surface area contributed by atoms with Gasteiger partial charge in [0.2, 0.25) is 0 Å². The second-order valence-electron chi connectivity index (χ2n) is 6.92. The molecular weight excluding hydrogens is 196 g/mol. The average Bonchev–Trinajstić information content (AvgIpc) is 2.24. The molecule has 16 heavy (non-hydrogen) atoms. The Morgan fingerprint density at radius 1 is 1.12 bits per heavy atom. The normalized spacial score (nSPS) is 47.2. The minimum absolute atomic E-state index is 0.526. The van der Waals surface area contributed by atoms with E-state index in [2.05, 4.69) is 12.2 Å². The summed E-state index contributed by atoms with van der Waals surface area (Å²) >= 11 is 0. The van der Waals surface area contributed by atoms with Gasteiger partial charge in [-0.05, 0) is 75.3 Å². The molecule has 1 unspecified atom stereocenters. The van der Waals surface area contributed by atoms with Gasteiger partial charge in [0.25, 0.3) is 0 Å². The van der Waals surface area contributed by atoms with E-state index in [1.165, 1.54) is 38.5 Å². The van der Waals surface area contributed by atoms with Crippen molar-refractivity contribution in [2.24, 2.45) is 29.4 Å². The quantitative estimate of drug-likeness (QED) is 0.765. The van der Waals surface area contributed by atoms with Crippen LogP contribution in [0.25, 0.3) is 0 Å². The van der Waals surface area contributed by atoms with Crippen LogP contribution in [0, 0.1) is 23.7 Å². The van der Waals surface area contributed by atoms with Crippen LogP contribution >= 0.6 is 0 Å². The van der Waals surface area contributed by atoms with Crippen molar-refractivity contribution in [2.45, 2.75) is 51.0 Å². The summed E-state index contributed by atoms with van der Waals surface area (Å²) in [5.74, 6) is 3.78. The molecule has 0 saturated heterocycles. The second kappa shape index (κ2) is 3.99. The van der Waals surface area contributed by atoms with Crippen LogP contribution in [-0.4, -0.2) is 18.6 Å². The summed E-state index contributed by atoms with van der Waals surface area (Å²) in [5.41, 5.74) is 6.24. The first-order chi connectivity index (χ1) is 7.69. The van der Waals surface area contributed by atoms with Crippen LogP contribution in [0.2, 0.25) is 0 Å². The fourth-order valence-corrected chi connectivity index (χ4v) is 4.80. The fraction of sp³-hybridized carbons (Fsp3) is 1.00. The minimum atomic E-state index is 0.526. The highest BCUT2D eigenvalue weighted by Gasteiger charge is 2.50. The van der Waals surface area contributed by atoms with Crippen molar-refractivity contribution in [3.63, 3.8) is 0 Å². The Morgan fingerprint density at radius 2 is 1.62 bits per heavy atom. The molecule has 0 aliphatic heterocycles. The van der Waals surface area contributed by atoms with Gasteiger partial charge in [0.1, 0.15) is 0 Å². The van der Waals surface area contributed by atoms with Gasteiger partial charge in [-0.3, -0.25) is 0 Å². The predicted octanol–water partition coefficient (Wildman–Crippen LogP) is 2.14. The van der Waals surface area contributed by atoms with Crippen LogP contribution in [0.5, 0.6) is 0 Å². The van der Waals surface area contributed by atoms with Crippen LogP contribution in [0.15, 0.2) is 0 Å². The summed E-state index contributed by atoms with van der Waals surface area (Å²) in [6.07, 6.45) is 8.97. The van der Waals surface area contributed by atoms with Gasteiger partial charge in [0, 0.05) is 5.54 Å². The smallest absolute Gasteiger partial charge is 0.0189 e. The Bertz CT molecular complexity index is 226. The van der Waals surface area contributed by atoms with Crippen molar-refractivity contribution in [3.05, 3.63) is 0 Å². The maximum Gasteiger partial charge on any atom is 0.0189 e. The number of rotatable bonds is 4. The molecule has 4 saturated carbocycles. The van der Waals surface area contributed by atoms with Crippen molar-refractivity contribution in [1.82, 2.24) is 5.32 Å². The maximum absolute atomic E-state index is 5.71. The van der Waals surface area contributed by atoms with E-state index in [1.54, 1.807) is 0 Å². The SMILES string of the molecule is CC(CN)CNC12CC3CC(CC(C3)C1)C2. The zero-order chi connectivity index (χ0) is 11.2. The highest BCUT2D eigenvalue weighted by Crippen LogP contribution is 2.55. The second-order valence-corrected chi connectivity index (χ2v) is 6.92. The first kappa shape index (κ1) is 11.0. The van der Waals surface area contributed by atoms with Crippen molar-refractivity contribution >= 4 is 0 Å². The van der Waals surface area contributed by atoms with E-state index in [1.807, 2.05) is 0 Å². The maximum atomic E-state index is 5.71. The molecule has 0 aromatic carbocycles. The van der Waals surface area contributed by atoms with Gasteiger partial charge in [0.05, 0.1) is 0 Å². The third-order valence-electron chi connectivity index (χ3n) is 5.27. The fourth-order valence-electron chi connectivity index (χ4n) is 4.80. The molecule has 4 bridgehead atoms. The molecule has 0 amide bonds. The molecule has 4 aliphatic rings. The summed E-state index contributed by atoms with van der Waals surface area (Å²) < 4.78 is 0. The number of nitrogens with two attached hydrogens (primary N) is 1. The predicted molar refractivity (Wildman–Crippen MR) is 67.1 cm³/mol. The molecule has 2 nitrogen and oxygen atoms in total. The van der Waals surface area contributed by atoms with E-state index >= 15 is 0 Å². The van der Waals surface area contributed by atoms with Crippen molar-refractivity contribution in [1.29, 1.82) is 0 Å².